The first-order valence-corrected chi connectivity index (χ1v) is 10.5. The largest absolute Gasteiger partial charge is 0.378 e. The van der Waals surface area contributed by atoms with E-state index in [1.54, 1.807) is 31.2 Å². The van der Waals surface area contributed by atoms with Crippen LogP contribution in [0.2, 0.25) is 0 Å². The third-order valence-corrected chi connectivity index (χ3v) is 6.41. The minimum Gasteiger partial charge on any atom is -0.378 e. The van der Waals surface area contributed by atoms with Crippen molar-refractivity contribution in [3.63, 3.8) is 0 Å². The Morgan fingerprint density at radius 1 is 0.966 bits per heavy atom. The topological polar surface area (TPSA) is 95.6 Å². The standard InChI is InChI=1S/C20H24FN3O4S/c1-4-22-19(25)20(26)23-13-18(14-5-9-16(10-6-14)24(2)3)29(27,28)17-11-7-15(21)8-12-17/h5-12,18H,4,13H2,1-3H3,(H,22,25)(H,23,26)/t18-/m0/s1. The molecule has 0 aromatic heterocycles. The lowest BCUT2D eigenvalue weighted by molar-refractivity contribution is -0.139. The van der Waals surface area contributed by atoms with Crippen LogP contribution < -0.4 is 15.5 Å². The average Bonchev–Trinajstić information content (AvgIpc) is 2.68. The van der Waals surface area contributed by atoms with Gasteiger partial charge in [-0.2, -0.15) is 0 Å². The van der Waals surface area contributed by atoms with E-state index in [2.05, 4.69) is 10.6 Å². The summed E-state index contributed by atoms with van der Waals surface area (Å²) >= 11 is 0. The van der Waals surface area contributed by atoms with Gasteiger partial charge in [0, 0.05) is 32.9 Å². The van der Waals surface area contributed by atoms with Gasteiger partial charge in [0.15, 0.2) is 9.84 Å². The number of anilines is 1. The van der Waals surface area contributed by atoms with Crippen LogP contribution in [0.3, 0.4) is 0 Å². The Kier molecular flexibility index (Phi) is 7.33. The highest BCUT2D eigenvalue weighted by molar-refractivity contribution is 7.91. The molecule has 0 aliphatic carbocycles. The predicted octanol–water partition coefficient (Wildman–Crippen LogP) is 1.66. The van der Waals surface area contributed by atoms with Gasteiger partial charge >= 0.3 is 11.8 Å². The van der Waals surface area contributed by atoms with Crippen LogP contribution in [0.1, 0.15) is 17.7 Å². The molecule has 9 heteroatoms. The first kappa shape index (κ1) is 22.4. The maximum absolute atomic E-state index is 13.2. The van der Waals surface area contributed by atoms with Crippen molar-refractivity contribution in [2.45, 2.75) is 17.1 Å². The Morgan fingerprint density at radius 2 is 1.52 bits per heavy atom. The molecular weight excluding hydrogens is 397 g/mol. The lowest BCUT2D eigenvalue weighted by Crippen LogP contribution is -2.42. The van der Waals surface area contributed by atoms with E-state index >= 15 is 0 Å². The van der Waals surface area contributed by atoms with Crippen LogP contribution in [0.15, 0.2) is 53.4 Å². The maximum Gasteiger partial charge on any atom is 0.309 e. The van der Waals surface area contributed by atoms with Gasteiger partial charge in [0.1, 0.15) is 11.1 Å². The molecule has 0 fully saturated rings. The van der Waals surface area contributed by atoms with Crippen LogP contribution in [-0.2, 0) is 19.4 Å². The molecule has 0 saturated carbocycles. The third-order valence-electron chi connectivity index (χ3n) is 4.29. The van der Waals surface area contributed by atoms with E-state index in [-0.39, 0.29) is 18.0 Å². The van der Waals surface area contributed by atoms with Crippen molar-refractivity contribution in [1.29, 1.82) is 0 Å². The normalized spacial score (nSPS) is 12.1. The molecule has 1 atom stereocenters. The Morgan fingerprint density at radius 3 is 2.03 bits per heavy atom. The van der Waals surface area contributed by atoms with Crippen LogP contribution in [0.5, 0.6) is 0 Å². The molecule has 29 heavy (non-hydrogen) atoms. The zero-order valence-corrected chi connectivity index (χ0v) is 17.3. The molecule has 0 bridgehead atoms. The number of benzene rings is 2. The molecule has 2 aromatic rings. The number of halogens is 1. The second-order valence-electron chi connectivity index (χ2n) is 6.54. The van der Waals surface area contributed by atoms with Gasteiger partial charge in [-0.15, -0.1) is 0 Å². The average molecular weight is 421 g/mol. The Bertz CT molecular complexity index is 958. The Labute approximate surface area is 169 Å². The fourth-order valence-corrected chi connectivity index (χ4v) is 4.35. The molecule has 0 saturated heterocycles. The highest BCUT2D eigenvalue weighted by Crippen LogP contribution is 2.30. The zero-order chi connectivity index (χ0) is 21.6. The molecule has 0 spiro atoms. The highest BCUT2D eigenvalue weighted by Gasteiger charge is 2.30. The van der Waals surface area contributed by atoms with E-state index in [1.807, 2.05) is 19.0 Å². The van der Waals surface area contributed by atoms with Gasteiger partial charge in [-0.3, -0.25) is 9.59 Å². The fraction of sp³-hybridized carbons (Fsp3) is 0.300. The van der Waals surface area contributed by atoms with Crippen molar-refractivity contribution in [2.24, 2.45) is 0 Å². The van der Waals surface area contributed by atoms with E-state index in [0.717, 1.165) is 17.8 Å². The SMILES string of the molecule is CCNC(=O)C(=O)NC[C@@H](c1ccc(N(C)C)cc1)S(=O)(=O)c1ccc(F)cc1. The number of hydrogen-bond acceptors (Lipinski definition) is 5. The minimum atomic E-state index is -3.96. The van der Waals surface area contributed by atoms with Crippen LogP contribution in [0, 0.1) is 5.82 Å². The van der Waals surface area contributed by atoms with Gasteiger partial charge in [-0.25, -0.2) is 12.8 Å². The smallest absolute Gasteiger partial charge is 0.309 e. The molecule has 0 heterocycles. The van der Waals surface area contributed by atoms with Crippen LogP contribution in [0.4, 0.5) is 10.1 Å². The van der Waals surface area contributed by atoms with Gasteiger partial charge in [0.25, 0.3) is 0 Å². The maximum atomic E-state index is 13.2. The molecule has 7 nitrogen and oxygen atoms in total. The molecular formula is C20H24FN3O4S. The fourth-order valence-electron chi connectivity index (χ4n) is 2.69. The number of nitrogens with zero attached hydrogens (tertiary/aromatic N) is 1. The summed E-state index contributed by atoms with van der Waals surface area (Å²) in [5, 5.41) is 3.58. The first-order chi connectivity index (χ1) is 13.7. The molecule has 0 radical (unpaired) electrons. The van der Waals surface area contributed by atoms with E-state index in [1.165, 1.54) is 12.1 Å². The second kappa shape index (κ2) is 9.51. The van der Waals surface area contributed by atoms with Crippen LogP contribution >= 0.6 is 0 Å². The summed E-state index contributed by atoms with van der Waals surface area (Å²) in [7, 11) is -0.253. The van der Waals surface area contributed by atoms with E-state index < -0.39 is 32.7 Å². The summed E-state index contributed by atoms with van der Waals surface area (Å²) in [6, 6.07) is 11.3. The number of likely N-dealkylation sites (N-methyl/N-ethyl adjacent to an activating group) is 1. The number of sulfone groups is 1. The van der Waals surface area contributed by atoms with E-state index in [0.29, 0.717) is 5.56 Å². The quantitative estimate of drug-likeness (QED) is 0.524. The van der Waals surface area contributed by atoms with Crippen molar-refractivity contribution in [3.05, 3.63) is 59.9 Å². The van der Waals surface area contributed by atoms with Crippen molar-refractivity contribution in [3.8, 4) is 0 Å². The van der Waals surface area contributed by atoms with Crippen LogP contribution in [-0.4, -0.2) is 47.4 Å². The van der Waals surface area contributed by atoms with Gasteiger partial charge in [0.05, 0.1) is 4.90 Å². The van der Waals surface area contributed by atoms with Crippen molar-refractivity contribution >= 4 is 27.3 Å². The molecule has 0 aliphatic rings. The van der Waals surface area contributed by atoms with Crippen LogP contribution in [0.25, 0.3) is 0 Å². The summed E-state index contributed by atoms with van der Waals surface area (Å²) in [5.41, 5.74) is 1.31. The lowest BCUT2D eigenvalue weighted by Gasteiger charge is -2.20. The summed E-state index contributed by atoms with van der Waals surface area (Å²) in [5.74, 6) is -2.31. The Balaban J connectivity index is 2.38. The highest BCUT2D eigenvalue weighted by atomic mass is 32.2. The summed E-state index contributed by atoms with van der Waals surface area (Å²) in [6.07, 6.45) is 0. The zero-order valence-electron chi connectivity index (χ0n) is 16.5. The number of amides is 2. The first-order valence-electron chi connectivity index (χ1n) is 8.99. The van der Waals surface area contributed by atoms with Gasteiger partial charge in [0.2, 0.25) is 0 Å². The number of rotatable bonds is 7. The lowest BCUT2D eigenvalue weighted by atomic mass is 10.1. The minimum absolute atomic E-state index is 0.0761. The van der Waals surface area contributed by atoms with E-state index in [4.69, 9.17) is 0 Å². The van der Waals surface area contributed by atoms with Gasteiger partial charge < -0.3 is 15.5 Å². The summed E-state index contributed by atoms with van der Waals surface area (Å²) in [6.45, 7) is 1.63. The van der Waals surface area contributed by atoms with Gasteiger partial charge in [-0.05, 0) is 48.9 Å². The number of nitrogens with one attached hydrogen (secondary N) is 2. The molecule has 0 unspecified atom stereocenters. The van der Waals surface area contributed by atoms with Crippen molar-refractivity contribution in [1.82, 2.24) is 10.6 Å². The molecule has 0 aliphatic heterocycles. The second-order valence-corrected chi connectivity index (χ2v) is 8.67. The van der Waals surface area contributed by atoms with Gasteiger partial charge in [-0.1, -0.05) is 12.1 Å². The third kappa shape index (κ3) is 5.54. The summed E-state index contributed by atoms with van der Waals surface area (Å²) < 4.78 is 39.6. The molecule has 156 valence electrons. The summed E-state index contributed by atoms with van der Waals surface area (Å²) in [4.78, 5) is 25.4. The molecule has 2 amide bonds. The molecule has 2 aromatic carbocycles. The molecule has 2 rings (SSSR count). The van der Waals surface area contributed by atoms with E-state index in [9.17, 15) is 22.4 Å². The van der Waals surface area contributed by atoms with Crippen molar-refractivity contribution in [2.75, 3.05) is 32.1 Å². The molecule has 2 N–H and O–H groups in total. The monoisotopic (exact) mass is 421 g/mol. The van der Waals surface area contributed by atoms with Crippen molar-refractivity contribution < 1.29 is 22.4 Å². The number of carbonyl (C=O) groups excluding carboxylic acids is 2. The predicted molar refractivity (Wildman–Crippen MR) is 109 cm³/mol. The Hall–Kier alpha value is -2.94. The number of carbonyl (C=O) groups is 2. The number of hydrogen-bond donors (Lipinski definition) is 2.